The molecule has 0 aliphatic rings. The summed E-state index contributed by atoms with van der Waals surface area (Å²) in [4.78, 5) is 10.3. The lowest BCUT2D eigenvalue weighted by Crippen LogP contribution is -1.99. The van der Waals surface area contributed by atoms with E-state index in [4.69, 9.17) is 5.73 Å². The summed E-state index contributed by atoms with van der Waals surface area (Å²) in [6.45, 7) is 4.17. The van der Waals surface area contributed by atoms with Crippen LogP contribution in [0.25, 0.3) is 21.6 Å². The minimum Gasteiger partial charge on any atom is -0.383 e. The molecule has 2 aromatic heterocycles. The molecule has 0 aliphatic heterocycles. The molecule has 0 amide bonds. The Kier molecular flexibility index (Phi) is 2.95. The summed E-state index contributed by atoms with van der Waals surface area (Å²) in [5.74, 6) is 1.30. The molecule has 3 nitrogen and oxygen atoms in total. The lowest BCUT2D eigenvalue weighted by molar-refractivity contribution is 1.14. The second-order valence-electron chi connectivity index (χ2n) is 4.53. The number of aryl methyl sites for hydroxylation is 2. The third-order valence-corrected chi connectivity index (χ3v) is 4.24. The minimum absolute atomic E-state index is 0.563. The third-order valence-electron chi connectivity index (χ3n) is 3.29. The smallest absolute Gasteiger partial charge is 0.172 e. The maximum atomic E-state index is 6.11. The van der Waals surface area contributed by atoms with E-state index in [0.717, 1.165) is 33.6 Å². The van der Waals surface area contributed by atoms with Crippen LogP contribution in [0.3, 0.4) is 0 Å². The van der Waals surface area contributed by atoms with Crippen LogP contribution < -0.4 is 5.73 Å². The van der Waals surface area contributed by atoms with E-state index in [1.54, 1.807) is 11.3 Å². The summed E-state index contributed by atoms with van der Waals surface area (Å²) in [6.07, 6.45) is 0.980. The zero-order valence-corrected chi connectivity index (χ0v) is 11.8. The second-order valence-corrected chi connectivity index (χ2v) is 5.45. The van der Waals surface area contributed by atoms with Crippen LogP contribution in [0.15, 0.2) is 29.6 Å². The Balaban J connectivity index is 2.27. The fourth-order valence-electron chi connectivity index (χ4n) is 2.30. The van der Waals surface area contributed by atoms with E-state index >= 15 is 0 Å². The molecule has 3 rings (SSSR count). The van der Waals surface area contributed by atoms with Gasteiger partial charge in [-0.15, -0.1) is 11.3 Å². The van der Waals surface area contributed by atoms with Crippen molar-refractivity contribution in [2.24, 2.45) is 0 Å². The lowest BCUT2D eigenvalue weighted by atomic mass is 10.1. The molecule has 0 unspecified atom stereocenters. The topological polar surface area (TPSA) is 51.8 Å². The first-order valence-electron chi connectivity index (χ1n) is 6.30. The first kappa shape index (κ1) is 12.1. The Morgan fingerprint density at radius 1 is 1.21 bits per heavy atom. The predicted molar refractivity (Wildman–Crippen MR) is 81.4 cm³/mol. The maximum Gasteiger partial charge on any atom is 0.172 e. The number of fused-ring (bicyclic) bond motifs is 1. The Morgan fingerprint density at radius 3 is 2.84 bits per heavy atom. The number of hydrogen-bond donors (Lipinski definition) is 1. The summed E-state index contributed by atoms with van der Waals surface area (Å²) in [5, 5.41) is 3.04. The highest BCUT2D eigenvalue weighted by Gasteiger charge is 2.12. The van der Waals surface area contributed by atoms with Crippen molar-refractivity contribution in [1.29, 1.82) is 0 Å². The molecule has 1 aromatic carbocycles. The second kappa shape index (κ2) is 4.63. The highest BCUT2D eigenvalue weighted by molar-refractivity contribution is 7.13. The van der Waals surface area contributed by atoms with Gasteiger partial charge < -0.3 is 5.73 Å². The van der Waals surface area contributed by atoms with Crippen LogP contribution in [0.2, 0.25) is 0 Å². The Hall–Kier alpha value is -1.94. The maximum absolute atomic E-state index is 6.11. The minimum atomic E-state index is 0.563. The van der Waals surface area contributed by atoms with Gasteiger partial charge in [0, 0.05) is 5.39 Å². The third kappa shape index (κ3) is 1.98. The molecule has 0 atom stereocenters. The fourth-order valence-corrected chi connectivity index (χ4v) is 3.23. The van der Waals surface area contributed by atoms with Crippen molar-refractivity contribution >= 4 is 28.1 Å². The molecule has 2 N–H and O–H groups in total. The van der Waals surface area contributed by atoms with E-state index in [-0.39, 0.29) is 0 Å². The molecule has 19 heavy (non-hydrogen) atoms. The number of anilines is 1. The van der Waals surface area contributed by atoms with Crippen LogP contribution in [0.5, 0.6) is 0 Å². The molecule has 3 aromatic rings. The molecule has 0 saturated carbocycles. The number of nitrogens with zero attached hydrogens (tertiary/aromatic N) is 2. The van der Waals surface area contributed by atoms with Crippen LogP contribution >= 0.6 is 11.3 Å². The van der Waals surface area contributed by atoms with E-state index in [1.165, 1.54) is 5.56 Å². The van der Waals surface area contributed by atoms with Gasteiger partial charge >= 0.3 is 0 Å². The van der Waals surface area contributed by atoms with Gasteiger partial charge in [-0.1, -0.05) is 19.1 Å². The van der Waals surface area contributed by atoms with Gasteiger partial charge in [0.05, 0.1) is 10.4 Å². The Labute approximate surface area is 116 Å². The normalized spacial score (nSPS) is 11.1. The van der Waals surface area contributed by atoms with E-state index < -0.39 is 0 Å². The van der Waals surface area contributed by atoms with Gasteiger partial charge in [0.25, 0.3) is 0 Å². The van der Waals surface area contributed by atoms with Crippen molar-refractivity contribution in [3.05, 3.63) is 40.8 Å². The van der Waals surface area contributed by atoms with Crippen molar-refractivity contribution in [2.45, 2.75) is 20.3 Å². The molecule has 0 radical (unpaired) electrons. The molecule has 0 bridgehead atoms. The van der Waals surface area contributed by atoms with Crippen molar-refractivity contribution in [1.82, 2.24) is 9.97 Å². The highest BCUT2D eigenvalue weighted by atomic mass is 32.1. The van der Waals surface area contributed by atoms with Gasteiger partial charge in [-0.3, -0.25) is 0 Å². The molecular formula is C15H15N3S. The van der Waals surface area contributed by atoms with Crippen LogP contribution in [-0.2, 0) is 6.42 Å². The van der Waals surface area contributed by atoms with Crippen molar-refractivity contribution in [2.75, 3.05) is 5.73 Å². The molecule has 96 valence electrons. The number of nitrogens with two attached hydrogens (primary N) is 1. The van der Waals surface area contributed by atoms with E-state index in [2.05, 4.69) is 28.3 Å². The summed E-state index contributed by atoms with van der Waals surface area (Å²) in [6, 6.07) is 8.15. The van der Waals surface area contributed by atoms with Gasteiger partial charge in [0.1, 0.15) is 5.82 Å². The molecule has 2 heterocycles. The number of benzene rings is 1. The van der Waals surface area contributed by atoms with Crippen molar-refractivity contribution < 1.29 is 0 Å². The average Bonchev–Trinajstić information content (AvgIpc) is 2.86. The number of rotatable bonds is 2. The standard InChI is InChI=1S/C15H15N3S/c1-3-10-7-8-19-13(10)15-17-11-6-4-5-9(2)12(11)14(16)18-15/h4-8H,3H2,1-2H3,(H2,16,17,18). The number of nitrogen functional groups attached to an aromatic ring is 1. The van der Waals surface area contributed by atoms with E-state index in [9.17, 15) is 0 Å². The zero-order valence-electron chi connectivity index (χ0n) is 11.0. The monoisotopic (exact) mass is 269 g/mol. The first-order chi connectivity index (χ1) is 9.20. The van der Waals surface area contributed by atoms with Gasteiger partial charge in [-0.05, 0) is 42.0 Å². The SMILES string of the molecule is CCc1ccsc1-c1nc(N)c2c(C)cccc2n1. The molecular weight excluding hydrogens is 254 g/mol. The number of hydrogen-bond acceptors (Lipinski definition) is 4. The summed E-state index contributed by atoms with van der Waals surface area (Å²) < 4.78 is 0. The first-order valence-corrected chi connectivity index (χ1v) is 7.18. The average molecular weight is 269 g/mol. The highest BCUT2D eigenvalue weighted by Crippen LogP contribution is 2.30. The van der Waals surface area contributed by atoms with Gasteiger partial charge in [0.15, 0.2) is 5.82 Å². The summed E-state index contributed by atoms with van der Waals surface area (Å²) in [5.41, 5.74) is 9.41. The van der Waals surface area contributed by atoms with Crippen LogP contribution in [0.4, 0.5) is 5.82 Å². The Bertz CT molecular complexity index is 746. The van der Waals surface area contributed by atoms with E-state index in [0.29, 0.717) is 5.82 Å². The largest absolute Gasteiger partial charge is 0.383 e. The van der Waals surface area contributed by atoms with Crippen LogP contribution in [-0.4, -0.2) is 9.97 Å². The van der Waals surface area contributed by atoms with Gasteiger partial charge in [-0.2, -0.15) is 0 Å². The molecule has 0 saturated heterocycles. The molecule has 0 fully saturated rings. The molecule has 0 spiro atoms. The van der Waals surface area contributed by atoms with Crippen LogP contribution in [0.1, 0.15) is 18.1 Å². The number of aromatic nitrogens is 2. The molecule has 0 aliphatic carbocycles. The fraction of sp³-hybridized carbons (Fsp3) is 0.200. The predicted octanol–water partition coefficient (Wildman–Crippen LogP) is 3.81. The summed E-state index contributed by atoms with van der Waals surface area (Å²) >= 11 is 1.67. The Morgan fingerprint density at radius 2 is 2.05 bits per heavy atom. The van der Waals surface area contributed by atoms with E-state index in [1.807, 2.05) is 25.1 Å². The number of thiophene rings is 1. The molecule has 4 heteroatoms. The van der Waals surface area contributed by atoms with Crippen molar-refractivity contribution in [3.63, 3.8) is 0 Å². The summed E-state index contributed by atoms with van der Waals surface area (Å²) in [7, 11) is 0. The quantitative estimate of drug-likeness (QED) is 0.769. The van der Waals surface area contributed by atoms with Gasteiger partial charge in [0.2, 0.25) is 0 Å². The lowest BCUT2D eigenvalue weighted by Gasteiger charge is -2.07. The zero-order chi connectivity index (χ0) is 13.4. The van der Waals surface area contributed by atoms with Crippen molar-refractivity contribution in [3.8, 4) is 10.7 Å². The van der Waals surface area contributed by atoms with Crippen LogP contribution in [0, 0.1) is 6.92 Å². The van der Waals surface area contributed by atoms with Gasteiger partial charge in [-0.25, -0.2) is 9.97 Å².